The second kappa shape index (κ2) is 5.63. The third kappa shape index (κ3) is 2.68. The van der Waals surface area contributed by atoms with E-state index < -0.39 is 23.5 Å². The molecule has 1 unspecified atom stereocenters. The van der Waals surface area contributed by atoms with Crippen molar-refractivity contribution in [1.29, 1.82) is 0 Å². The minimum atomic E-state index is -1.03. The van der Waals surface area contributed by atoms with Gasteiger partial charge in [0.1, 0.15) is 10.9 Å². The molecule has 0 bridgehead atoms. The lowest BCUT2D eigenvalue weighted by Crippen LogP contribution is -2.33. The number of nitrogens with two attached hydrogens (primary N) is 1. The molecule has 0 spiro atoms. The van der Waals surface area contributed by atoms with Crippen molar-refractivity contribution in [3.8, 4) is 0 Å². The summed E-state index contributed by atoms with van der Waals surface area (Å²) in [6.07, 6.45) is 0. The van der Waals surface area contributed by atoms with E-state index in [-0.39, 0.29) is 10.9 Å². The molecular formula is C11H11N3O4S2. The number of nitrogens with zero attached hydrogens (tertiary/aromatic N) is 2. The number of aliphatic carboxylic acids is 1. The molecule has 2 aromatic heterocycles. The van der Waals surface area contributed by atoms with Crippen LogP contribution in [0, 0.1) is 0 Å². The minimum Gasteiger partial charge on any atom is -0.481 e. The lowest BCUT2D eigenvalue weighted by molar-refractivity contribution is -0.133. The summed E-state index contributed by atoms with van der Waals surface area (Å²) in [6.45, 7) is 1.48. The molecular weight excluding hydrogens is 302 g/mol. The molecule has 7 nitrogen and oxygen atoms in total. The predicted octanol–water partition coefficient (Wildman–Crippen LogP) is 0.681. The van der Waals surface area contributed by atoms with Gasteiger partial charge in [0.15, 0.2) is 5.16 Å². The van der Waals surface area contributed by atoms with E-state index in [1.165, 1.54) is 18.3 Å². The SMILES string of the molecule is CC(C(N)=O)n1c(SCC(=O)O)nc2sccc2c1=O. The molecule has 0 saturated carbocycles. The maximum atomic E-state index is 12.4. The van der Waals surface area contributed by atoms with Crippen molar-refractivity contribution < 1.29 is 14.7 Å². The van der Waals surface area contributed by atoms with Gasteiger partial charge in [-0.25, -0.2) is 4.98 Å². The molecule has 0 aliphatic heterocycles. The fourth-order valence-corrected chi connectivity index (χ4v) is 3.21. The van der Waals surface area contributed by atoms with Crippen molar-refractivity contribution >= 4 is 45.2 Å². The standard InChI is InChI=1S/C11H11N3O4S2/c1-5(8(12)17)14-10(18)6-2-3-19-9(6)13-11(14)20-4-7(15)16/h2-3,5H,4H2,1H3,(H2,12,17)(H,15,16). The average Bonchev–Trinajstić information content (AvgIpc) is 2.84. The molecule has 1 atom stereocenters. The third-order valence-corrected chi connectivity index (χ3v) is 4.37. The molecule has 2 heterocycles. The van der Waals surface area contributed by atoms with Crippen molar-refractivity contribution in [3.05, 3.63) is 21.8 Å². The summed E-state index contributed by atoms with van der Waals surface area (Å²) >= 11 is 2.16. The van der Waals surface area contributed by atoms with E-state index in [0.717, 1.165) is 16.3 Å². The van der Waals surface area contributed by atoms with Crippen LogP contribution in [0.4, 0.5) is 0 Å². The Labute approximate surface area is 121 Å². The maximum Gasteiger partial charge on any atom is 0.313 e. The molecule has 0 aliphatic rings. The lowest BCUT2D eigenvalue weighted by atomic mass is 10.3. The van der Waals surface area contributed by atoms with Gasteiger partial charge in [-0.05, 0) is 18.4 Å². The van der Waals surface area contributed by atoms with Crippen molar-refractivity contribution in [2.24, 2.45) is 5.73 Å². The topological polar surface area (TPSA) is 115 Å². The predicted molar refractivity (Wildman–Crippen MR) is 76.1 cm³/mol. The molecule has 20 heavy (non-hydrogen) atoms. The highest BCUT2D eigenvalue weighted by Gasteiger charge is 2.21. The van der Waals surface area contributed by atoms with E-state index in [4.69, 9.17) is 10.8 Å². The maximum absolute atomic E-state index is 12.4. The van der Waals surface area contributed by atoms with E-state index in [2.05, 4.69) is 4.98 Å². The number of fused-ring (bicyclic) bond motifs is 1. The highest BCUT2D eigenvalue weighted by molar-refractivity contribution is 7.99. The van der Waals surface area contributed by atoms with E-state index in [0.29, 0.717) is 10.2 Å². The third-order valence-electron chi connectivity index (χ3n) is 2.62. The van der Waals surface area contributed by atoms with Crippen LogP contribution in [-0.2, 0) is 9.59 Å². The first kappa shape index (κ1) is 14.5. The van der Waals surface area contributed by atoms with Gasteiger partial charge >= 0.3 is 5.97 Å². The van der Waals surface area contributed by atoms with Gasteiger partial charge in [-0.1, -0.05) is 11.8 Å². The number of thioether (sulfide) groups is 1. The lowest BCUT2D eigenvalue weighted by Gasteiger charge is -2.15. The molecule has 1 amide bonds. The fraction of sp³-hybridized carbons (Fsp3) is 0.273. The number of aromatic nitrogens is 2. The number of carbonyl (C=O) groups excluding carboxylic acids is 1. The largest absolute Gasteiger partial charge is 0.481 e. The number of rotatable bonds is 5. The monoisotopic (exact) mass is 313 g/mol. The van der Waals surface area contributed by atoms with Gasteiger partial charge in [0.05, 0.1) is 11.1 Å². The Morgan fingerprint density at radius 3 is 2.90 bits per heavy atom. The minimum absolute atomic E-state index is 0.179. The number of hydrogen-bond donors (Lipinski definition) is 2. The van der Waals surface area contributed by atoms with Crippen LogP contribution in [-0.4, -0.2) is 32.3 Å². The zero-order valence-electron chi connectivity index (χ0n) is 10.4. The Morgan fingerprint density at radius 1 is 1.60 bits per heavy atom. The van der Waals surface area contributed by atoms with Gasteiger partial charge in [0.25, 0.3) is 5.56 Å². The summed E-state index contributed by atoms with van der Waals surface area (Å²) in [5, 5.41) is 11.0. The molecule has 106 valence electrons. The van der Waals surface area contributed by atoms with E-state index >= 15 is 0 Å². The molecule has 9 heteroatoms. The number of primary amides is 1. The first-order chi connectivity index (χ1) is 9.41. The van der Waals surface area contributed by atoms with Gasteiger partial charge < -0.3 is 10.8 Å². The molecule has 2 aromatic rings. The Morgan fingerprint density at radius 2 is 2.30 bits per heavy atom. The van der Waals surface area contributed by atoms with Crippen LogP contribution in [0.25, 0.3) is 10.2 Å². The Hall–Kier alpha value is -1.87. The van der Waals surface area contributed by atoms with Crippen LogP contribution in [0.5, 0.6) is 0 Å². The number of thiophene rings is 1. The van der Waals surface area contributed by atoms with Crippen LogP contribution in [0.2, 0.25) is 0 Å². The number of hydrogen-bond acceptors (Lipinski definition) is 6. The van der Waals surface area contributed by atoms with Gasteiger partial charge in [-0.15, -0.1) is 11.3 Å². The van der Waals surface area contributed by atoms with Crippen LogP contribution in [0.15, 0.2) is 21.4 Å². The zero-order chi connectivity index (χ0) is 14.9. The van der Waals surface area contributed by atoms with E-state index in [9.17, 15) is 14.4 Å². The average molecular weight is 313 g/mol. The highest BCUT2D eigenvalue weighted by atomic mass is 32.2. The summed E-state index contributed by atoms with van der Waals surface area (Å²) in [7, 11) is 0. The van der Waals surface area contributed by atoms with Crippen LogP contribution in [0.1, 0.15) is 13.0 Å². The van der Waals surface area contributed by atoms with Crippen molar-refractivity contribution in [2.75, 3.05) is 5.75 Å². The fourth-order valence-electron chi connectivity index (χ4n) is 1.60. The molecule has 0 aliphatic carbocycles. The quantitative estimate of drug-likeness (QED) is 0.619. The summed E-state index contributed by atoms with van der Waals surface area (Å²) in [5.41, 5.74) is 4.84. The van der Waals surface area contributed by atoms with Gasteiger partial charge in [0.2, 0.25) is 5.91 Å². The molecule has 0 saturated heterocycles. The second-order valence-corrected chi connectivity index (χ2v) is 5.81. The van der Waals surface area contributed by atoms with Crippen molar-refractivity contribution in [2.45, 2.75) is 18.1 Å². The van der Waals surface area contributed by atoms with Crippen LogP contribution in [0.3, 0.4) is 0 Å². The molecule has 2 rings (SSSR count). The Balaban J connectivity index is 2.62. The molecule has 0 radical (unpaired) electrons. The van der Waals surface area contributed by atoms with Crippen molar-refractivity contribution in [3.63, 3.8) is 0 Å². The normalized spacial score (nSPS) is 12.4. The smallest absolute Gasteiger partial charge is 0.313 e. The second-order valence-electron chi connectivity index (χ2n) is 3.97. The van der Waals surface area contributed by atoms with Gasteiger partial charge in [0, 0.05) is 0 Å². The first-order valence-electron chi connectivity index (χ1n) is 5.55. The molecule has 0 fully saturated rings. The molecule has 3 N–H and O–H groups in total. The Bertz CT molecular complexity index is 737. The van der Waals surface area contributed by atoms with Crippen molar-refractivity contribution in [1.82, 2.24) is 9.55 Å². The van der Waals surface area contributed by atoms with Crippen LogP contribution < -0.4 is 11.3 Å². The number of carboxylic acid groups (broad SMARTS) is 1. The van der Waals surface area contributed by atoms with Crippen LogP contribution >= 0.6 is 23.1 Å². The summed E-state index contributed by atoms with van der Waals surface area (Å²) in [4.78, 5) is 39.1. The Kier molecular flexibility index (Phi) is 4.09. The van der Waals surface area contributed by atoms with Gasteiger partial charge in [-0.3, -0.25) is 19.0 Å². The molecule has 0 aromatic carbocycles. The number of amides is 1. The van der Waals surface area contributed by atoms with E-state index in [1.807, 2.05) is 0 Å². The number of carboxylic acids is 1. The highest BCUT2D eigenvalue weighted by Crippen LogP contribution is 2.23. The first-order valence-corrected chi connectivity index (χ1v) is 7.42. The van der Waals surface area contributed by atoms with E-state index in [1.54, 1.807) is 11.4 Å². The summed E-state index contributed by atoms with van der Waals surface area (Å²) < 4.78 is 1.14. The van der Waals surface area contributed by atoms with Gasteiger partial charge in [-0.2, -0.15) is 0 Å². The zero-order valence-corrected chi connectivity index (χ0v) is 12.0. The number of carbonyl (C=O) groups is 2. The summed E-state index contributed by atoms with van der Waals surface area (Å²) in [5.74, 6) is -1.97. The summed E-state index contributed by atoms with van der Waals surface area (Å²) in [6, 6.07) is 0.723.